The molecular formula is C22H35N5O2. The van der Waals surface area contributed by atoms with Crippen molar-refractivity contribution in [2.45, 2.75) is 32.6 Å². The largest absolute Gasteiger partial charge is 0.482 e. The molecule has 7 nitrogen and oxygen atoms in total. The Hall–Kier alpha value is -2.28. The lowest BCUT2D eigenvalue weighted by Crippen LogP contribution is -2.42. The van der Waals surface area contributed by atoms with Crippen molar-refractivity contribution in [1.82, 2.24) is 15.5 Å². The fourth-order valence-electron chi connectivity index (χ4n) is 3.86. The van der Waals surface area contributed by atoms with Gasteiger partial charge in [0.15, 0.2) is 12.6 Å². The number of para-hydroxylation sites is 2. The minimum absolute atomic E-state index is 0.0123. The number of carbonyl (C=O) groups is 1. The molecule has 0 aromatic heterocycles. The Morgan fingerprint density at radius 3 is 2.55 bits per heavy atom. The summed E-state index contributed by atoms with van der Waals surface area (Å²) in [6.07, 6.45) is 4.61. The molecule has 0 spiro atoms. The maximum atomic E-state index is 12.2. The van der Waals surface area contributed by atoms with Gasteiger partial charge in [-0.05, 0) is 63.4 Å². The molecule has 1 saturated heterocycles. The summed E-state index contributed by atoms with van der Waals surface area (Å²) in [4.78, 5) is 20.9. The summed E-state index contributed by atoms with van der Waals surface area (Å²) >= 11 is 0. The molecule has 0 aliphatic carbocycles. The van der Waals surface area contributed by atoms with Crippen LogP contribution in [0.5, 0.6) is 5.75 Å². The van der Waals surface area contributed by atoms with Crippen LogP contribution in [0.2, 0.25) is 0 Å². The fourth-order valence-corrected chi connectivity index (χ4v) is 3.86. The number of hydrogen-bond acceptors (Lipinski definition) is 4. The van der Waals surface area contributed by atoms with E-state index in [0.717, 1.165) is 55.8 Å². The van der Waals surface area contributed by atoms with Crippen molar-refractivity contribution in [3.8, 4) is 5.75 Å². The Kier molecular flexibility index (Phi) is 8.16. The second kappa shape index (κ2) is 11.0. The van der Waals surface area contributed by atoms with Crippen molar-refractivity contribution in [2.24, 2.45) is 10.9 Å². The van der Waals surface area contributed by atoms with Crippen LogP contribution < -0.4 is 20.3 Å². The van der Waals surface area contributed by atoms with Gasteiger partial charge in [0, 0.05) is 26.7 Å². The van der Waals surface area contributed by atoms with Crippen LogP contribution in [0.3, 0.4) is 0 Å². The first-order valence-corrected chi connectivity index (χ1v) is 10.9. The van der Waals surface area contributed by atoms with Gasteiger partial charge in [-0.3, -0.25) is 9.79 Å². The lowest BCUT2D eigenvalue weighted by molar-refractivity contribution is -0.121. The zero-order valence-corrected chi connectivity index (χ0v) is 17.8. The van der Waals surface area contributed by atoms with Gasteiger partial charge in [-0.1, -0.05) is 19.1 Å². The minimum atomic E-state index is 0.0123. The van der Waals surface area contributed by atoms with Crippen LogP contribution in [0.1, 0.15) is 32.6 Å². The number of piperidine rings is 1. The lowest BCUT2D eigenvalue weighted by atomic mass is 9.99. The molecule has 2 aliphatic heterocycles. The average Bonchev–Trinajstić information content (AvgIpc) is 2.75. The monoisotopic (exact) mass is 401 g/mol. The van der Waals surface area contributed by atoms with Gasteiger partial charge in [-0.25, -0.2) is 0 Å². The van der Waals surface area contributed by atoms with E-state index in [0.29, 0.717) is 6.54 Å². The number of fused-ring (bicyclic) bond motifs is 1. The molecule has 29 heavy (non-hydrogen) atoms. The quantitative estimate of drug-likeness (QED) is 0.397. The standard InChI is InChI=1S/C22H35N5O2/c1-18-9-15-26(16-10-18)13-5-11-24-22(23-2)25-12-6-14-27-19-7-3-4-8-20(19)29-17-21(27)28/h3-4,7-8,18H,5-6,9-17H2,1-2H3,(H2,23,24,25). The summed E-state index contributed by atoms with van der Waals surface area (Å²) in [5.41, 5.74) is 0.860. The number of amides is 1. The van der Waals surface area contributed by atoms with Gasteiger partial charge < -0.3 is 25.2 Å². The van der Waals surface area contributed by atoms with E-state index < -0.39 is 0 Å². The minimum Gasteiger partial charge on any atom is -0.482 e. The van der Waals surface area contributed by atoms with Gasteiger partial charge >= 0.3 is 0 Å². The third kappa shape index (κ3) is 6.35. The van der Waals surface area contributed by atoms with E-state index in [1.807, 2.05) is 29.2 Å². The zero-order valence-electron chi connectivity index (χ0n) is 17.8. The second-order valence-corrected chi connectivity index (χ2v) is 7.96. The Balaban J connectivity index is 1.32. The van der Waals surface area contributed by atoms with Gasteiger partial charge in [-0.2, -0.15) is 0 Å². The Labute approximate surface area is 174 Å². The number of guanidine groups is 1. The summed E-state index contributed by atoms with van der Waals surface area (Å²) < 4.78 is 5.49. The summed E-state index contributed by atoms with van der Waals surface area (Å²) in [6, 6.07) is 7.70. The molecule has 2 heterocycles. The van der Waals surface area contributed by atoms with Gasteiger partial charge in [0.2, 0.25) is 0 Å². The number of nitrogens with one attached hydrogen (secondary N) is 2. The summed E-state index contributed by atoms with van der Waals surface area (Å²) in [5, 5.41) is 6.74. The number of benzene rings is 1. The van der Waals surface area contributed by atoms with Crippen molar-refractivity contribution in [1.29, 1.82) is 0 Å². The highest BCUT2D eigenvalue weighted by molar-refractivity contribution is 5.97. The SMILES string of the molecule is CN=C(NCCCN1CCC(C)CC1)NCCCN1C(=O)COc2ccccc21. The maximum absolute atomic E-state index is 12.2. The Morgan fingerprint density at radius 2 is 1.83 bits per heavy atom. The van der Waals surface area contributed by atoms with Gasteiger partial charge in [0.1, 0.15) is 5.75 Å². The Bertz CT molecular complexity index is 686. The van der Waals surface area contributed by atoms with Gasteiger partial charge in [-0.15, -0.1) is 0 Å². The van der Waals surface area contributed by atoms with Crippen molar-refractivity contribution < 1.29 is 9.53 Å². The maximum Gasteiger partial charge on any atom is 0.265 e. The van der Waals surface area contributed by atoms with E-state index in [9.17, 15) is 4.79 Å². The van der Waals surface area contributed by atoms with E-state index >= 15 is 0 Å². The smallest absolute Gasteiger partial charge is 0.265 e. The third-order valence-electron chi connectivity index (χ3n) is 5.70. The van der Waals surface area contributed by atoms with Gasteiger partial charge in [0.05, 0.1) is 5.69 Å². The van der Waals surface area contributed by atoms with Crippen LogP contribution in [-0.2, 0) is 4.79 Å². The topological polar surface area (TPSA) is 69.2 Å². The van der Waals surface area contributed by atoms with E-state index in [4.69, 9.17) is 4.74 Å². The number of ether oxygens (including phenoxy) is 1. The molecule has 0 radical (unpaired) electrons. The molecule has 0 bridgehead atoms. The second-order valence-electron chi connectivity index (χ2n) is 7.96. The lowest BCUT2D eigenvalue weighted by Gasteiger charge is -2.30. The first kappa shape index (κ1) is 21.4. The van der Waals surface area contributed by atoms with Crippen LogP contribution in [0, 0.1) is 5.92 Å². The number of anilines is 1. The first-order chi connectivity index (χ1) is 14.2. The highest BCUT2D eigenvalue weighted by atomic mass is 16.5. The third-order valence-corrected chi connectivity index (χ3v) is 5.70. The predicted octanol–water partition coefficient (Wildman–Crippen LogP) is 2.09. The molecule has 0 atom stereocenters. The van der Waals surface area contributed by atoms with Crippen LogP contribution in [0.4, 0.5) is 5.69 Å². The first-order valence-electron chi connectivity index (χ1n) is 10.9. The molecule has 3 rings (SSSR count). The molecular weight excluding hydrogens is 366 g/mol. The van der Waals surface area contributed by atoms with E-state index in [-0.39, 0.29) is 12.5 Å². The molecule has 1 aromatic carbocycles. The number of carbonyl (C=O) groups excluding carboxylic acids is 1. The highest BCUT2D eigenvalue weighted by Crippen LogP contribution is 2.31. The normalized spacial score (nSPS) is 18.3. The molecule has 2 aliphatic rings. The van der Waals surface area contributed by atoms with Crippen LogP contribution >= 0.6 is 0 Å². The highest BCUT2D eigenvalue weighted by Gasteiger charge is 2.24. The van der Waals surface area contributed by atoms with Crippen molar-refractivity contribution in [3.63, 3.8) is 0 Å². The van der Waals surface area contributed by atoms with E-state index in [1.165, 1.54) is 25.9 Å². The molecule has 2 N–H and O–H groups in total. The molecule has 0 saturated carbocycles. The summed E-state index contributed by atoms with van der Waals surface area (Å²) in [5.74, 6) is 2.50. The number of nitrogens with zero attached hydrogens (tertiary/aromatic N) is 3. The Morgan fingerprint density at radius 1 is 1.14 bits per heavy atom. The van der Waals surface area contributed by atoms with Crippen LogP contribution in [0.15, 0.2) is 29.3 Å². The van der Waals surface area contributed by atoms with Crippen molar-refractivity contribution >= 4 is 17.6 Å². The molecule has 7 heteroatoms. The zero-order chi connectivity index (χ0) is 20.5. The summed E-state index contributed by atoms with van der Waals surface area (Å²) in [6.45, 7) is 8.42. The van der Waals surface area contributed by atoms with Crippen LogP contribution in [-0.4, -0.2) is 69.7 Å². The summed E-state index contributed by atoms with van der Waals surface area (Å²) in [7, 11) is 1.79. The number of hydrogen-bond donors (Lipinski definition) is 2. The molecule has 1 fully saturated rings. The molecule has 160 valence electrons. The average molecular weight is 402 g/mol. The van der Waals surface area contributed by atoms with Gasteiger partial charge in [0.25, 0.3) is 5.91 Å². The predicted molar refractivity (Wildman–Crippen MR) is 118 cm³/mol. The fraction of sp³-hybridized carbons (Fsp3) is 0.636. The molecule has 1 aromatic rings. The van der Waals surface area contributed by atoms with E-state index in [2.05, 4.69) is 27.4 Å². The van der Waals surface area contributed by atoms with Crippen molar-refractivity contribution in [3.05, 3.63) is 24.3 Å². The number of aliphatic imine (C=N–C) groups is 1. The van der Waals surface area contributed by atoms with Crippen molar-refractivity contribution in [2.75, 3.05) is 57.8 Å². The van der Waals surface area contributed by atoms with E-state index in [1.54, 1.807) is 7.05 Å². The number of rotatable bonds is 8. The number of likely N-dealkylation sites (tertiary alicyclic amines) is 1. The van der Waals surface area contributed by atoms with Crippen LogP contribution in [0.25, 0.3) is 0 Å². The molecule has 0 unspecified atom stereocenters. The molecule has 1 amide bonds.